The van der Waals surface area contributed by atoms with E-state index in [1.54, 1.807) is 30.5 Å². The highest BCUT2D eigenvalue weighted by Crippen LogP contribution is 2.28. The zero-order valence-electron chi connectivity index (χ0n) is 9.23. The van der Waals surface area contributed by atoms with E-state index in [1.807, 2.05) is 13.0 Å². The molecule has 0 aliphatic carbocycles. The Morgan fingerprint density at radius 3 is 2.82 bits per heavy atom. The first kappa shape index (κ1) is 11.5. The van der Waals surface area contributed by atoms with Gasteiger partial charge in [-0.1, -0.05) is 17.8 Å². The monoisotopic (exact) mass is 242 g/mol. The zero-order chi connectivity index (χ0) is 12.3. The maximum Gasteiger partial charge on any atom is 0.261 e. The molecule has 0 atom stereocenters. The van der Waals surface area contributed by atoms with Crippen molar-refractivity contribution in [2.45, 2.75) is 16.7 Å². The molecule has 0 unspecified atom stereocenters. The van der Waals surface area contributed by atoms with E-state index in [0.717, 1.165) is 10.5 Å². The normalized spacial score (nSPS) is 9.88. The average molecular weight is 242 g/mol. The molecule has 1 aromatic heterocycles. The molecule has 0 radical (unpaired) electrons. The Bertz CT molecular complexity index is 640. The molecule has 0 saturated heterocycles. The number of nitriles is 1. The summed E-state index contributed by atoms with van der Waals surface area (Å²) in [5, 5.41) is 8.85. The Morgan fingerprint density at radius 2 is 2.12 bits per heavy atom. The van der Waals surface area contributed by atoms with Gasteiger partial charge in [0.1, 0.15) is 0 Å². The third-order valence-electron chi connectivity index (χ3n) is 2.32. The van der Waals surface area contributed by atoms with Gasteiger partial charge >= 0.3 is 0 Å². The maximum absolute atomic E-state index is 11.5. The van der Waals surface area contributed by atoms with Crippen LogP contribution in [0.2, 0.25) is 0 Å². The van der Waals surface area contributed by atoms with Crippen LogP contribution in [0.1, 0.15) is 11.1 Å². The second-order valence-corrected chi connectivity index (χ2v) is 4.64. The molecule has 2 rings (SSSR count). The number of hydrogen-bond donors (Lipinski definition) is 1. The summed E-state index contributed by atoms with van der Waals surface area (Å²) in [4.78, 5) is 15.7. The van der Waals surface area contributed by atoms with Crippen molar-refractivity contribution in [1.29, 1.82) is 5.26 Å². The van der Waals surface area contributed by atoms with Gasteiger partial charge in [-0.05, 0) is 36.8 Å². The van der Waals surface area contributed by atoms with Gasteiger partial charge in [0.05, 0.1) is 16.5 Å². The molecule has 0 spiro atoms. The Labute approximate surface area is 103 Å². The molecule has 0 amide bonds. The molecule has 0 bridgehead atoms. The van der Waals surface area contributed by atoms with Gasteiger partial charge in [-0.3, -0.25) is 4.79 Å². The average Bonchev–Trinajstić information content (AvgIpc) is 2.35. The van der Waals surface area contributed by atoms with E-state index < -0.39 is 0 Å². The molecule has 1 aromatic carbocycles. The summed E-state index contributed by atoms with van der Waals surface area (Å²) >= 11 is 1.38. The minimum absolute atomic E-state index is 0.112. The first-order chi connectivity index (χ1) is 8.20. The van der Waals surface area contributed by atoms with E-state index in [0.29, 0.717) is 10.5 Å². The molecule has 17 heavy (non-hydrogen) atoms. The lowest BCUT2D eigenvalue weighted by molar-refractivity contribution is 1.14. The van der Waals surface area contributed by atoms with Gasteiger partial charge in [-0.2, -0.15) is 5.26 Å². The van der Waals surface area contributed by atoms with Gasteiger partial charge in [-0.15, -0.1) is 0 Å². The number of rotatable bonds is 2. The van der Waals surface area contributed by atoms with Gasteiger partial charge in [0, 0.05) is 11.1 Å². The molecule has 4 heteroatoms. The van der Waals surface area contributed by atoms with Gasteiger partial charge in [-0.25, -0.2) is 0 Å². The third kappa shape index (κ3) is 2.58. The summed E-state index contributed by atoms with van der Waals surface area (Å²) in [6.45, 7) is 1.96. The number of hydrogen-bond acceptors (Lipinski definition) is 3. The van der Waals surface area contributed by atoms with Crippen molar-refractivity contribution >= 4 is 11.8 Å². The molecule has 2 aromatic rings. The zero-order valence-corrected chi connectivity index (χ0v) is 10.0. The number of H-pyrrole nitrogens is 1. The van der Waals surface area contributed by atoms with Gasteiger partial charge in [0.2, 0.25) is 0 Å². The Balaban J connectivity index is 2.40. The fourth-order valence-corrected chi connectivity index (χ4v) is 2.33. The number of benzene rings is 1. The second-order valence-electron chi connectivity index (χ2n) is 3.56. The van der Waals surface area contributed by atoms with E-state index in [1.165, 1.54) is 11.8 Å². The quantitative estimate of drug-likeness (QED) is 0.880. The van der Waals surface area contributed by atoms with Crippen molar-refractivity contribution in [2.75, 3.05) is 0 Å². The van der Waals surface area contributed by atoms with E-state index in [-0.39, 0.29) is 5.56 Å². The predicted molar refractivity (Wildman–Crippen MR) is 67.1 cm³/mol. The van der Waals surface area contributed by atoms with Crippen LogP contribution < -0.4 is 5.56 Å². The highest BCUT2D eigenvalue weighted by atomic mass is 32.2. The molecule has 84 valence electrons. The summed E-state index contributed by atoms with van der Waals surface area (Å²) in [6, 6.07) is 11.1. The van der Waals surface area contributed by atoms with E-state index in [4.69, 9.17) is 5.26 Å². The number of pyridine rings is 1. The molecule has 0 aliphatic heterocycles. The number of nitrogens with zero attached hydrogens (tertiary/aromatic N) is 1. The van der Waals surface area contributed by atoms with Crippen LogP contribution in [0.5, 0.6) is 0 Å². The molecule has 3 nitrogen and oxygen atoms in total. The number of aromatic amines is 1. The van der Waals surface area contributed by atoms with Crippen molar-refractivity contribution in [3.8, 4) is 6.07 Å². The SMILES string of the molecule is Cc1ccc(C#N)cc1Sc1ccc[nH]c1=O. The van der Waals surface area contributed by atoms with Crippen LogP contribution in [0, 0.1) is 18.3 Å². The van der Waals surface area contributed by atoms with Crippen LogP contribution in [-0.2, 0) is 0 Å². The van der Waals surface area contributed by atoms with Crippen LogP contribution in [0.15, 0.2) is 51.1 Å². The molecule has 1 N–H and O–H groups in total. The maximum atomic E-state index is 11.5. The smallest absolute Gasteiger partial charge is 0.261 e. The first-order valence-electron chi connectivity index (χ1n) is 5.07. The Kier molecular flexibility index (Phi) is 3.31. The summed E-state index contributed by atoms with van der Waals surface area (Å²) in [5.41, 5.74) is 1.54. The topological polar surface area (TPSA) is 56.6 Å². The molecular formula is C13H10N2OS. The third-order valence-corrected chi connectivity index (χ3v) is 3.52. The minimum atomic E-state index is -0.112. The van der Waals surface area contributed by atoms with Gasteiger partial charge < -0.3 is 4.98 Å². The largest absolute Gasteiger partial charge is 0.328 e. The molecule has 0 aliphatic rings. The van der Waals surface area contributed by atoms with Gasteiger partial charge in [0.25, 0.3) is 5.56 Å². The first-order valence-corrected chi connectivity index (χ1v) is 5.88. The second kappa shape index (κ2) is 4.89. The molecule has 0 saturated carbocycles. The highest BCUT2D eigenvalue weighted by molar-refractivity contribution is 7.99. The Morgan fingerprint density at radius 1 is 1.29 bits per heavy atom. The van der Waals surface area contributed by atoms with E-state index in [2.05, 4.69) is 11.1 Å². The summed E-state index contributed by atoms with van der Waals surface area (Å²) in [5.74, 6) is 0. The van der Waals surface area contributed by atoms with Crippen molar-refractivity contribution in [1.82, 2.24) is 4.98 Å². The lowest BCUT2D eigenvalue weighted by atomic mass is 10.2. The lowest BCUT2D eigenvalue weighted by Gasteiger charge is -2.04. The summed E-state index contributed by atoms with van der Waals surface area (Å²) < 4.78 is 0. The van der Waals surface area contributed by atoms with Crippen molar-refractivity contribution in [3.63, 3.8) is 0 Å². The van der Waals surface area contributed by atoms with Crippen LogP contribution in [0.4, 0.5) is 0 Å². The Hall–Kier alpha value is -1.99. The van der Waals surface area contributed by atoms with Crippen LogP contribution in [0.25, 0.3) is 0 Å². The van der Waals surface area contributed by atoms with Crippen molar-refractivity contribution in [2.24, 2.45) is 0 Å². The van der Waals surface area contributed by atoms with Crippen LogP contribution >= 0.6 is 11.8 Å². The molecular weight excluding hydrogens is 232 g/mol. The van der Waals surface area contributed by atoms with Crippen LogP contribution in [-0.4, -0.2) is 4.98 Å². The summed E-state index contributed by atoms with van der Waals surface area (Å²) in [7, 11) is 0. The van der Waals surface area contributed by atoms with Crippen molar-refractivity contribution in [3.05, 3.63) is 58.0 Å². The number of nitrogens with one attached hydrogen (secondary N) is 1. The minimum Gasteiger partial charge on any atom is -0.328 e. The standard InChI is InChI=1S/C13H10N2OS/c1-9-4-5-10(8-14)7-12(9)17-11-3-2-6-15-13(11)16/h2-7H,1H3,(H,15,16). The fraction of sp³-hybridized carbons (Fsp3) is 0.0769. The summed E-state index contributed by atoms with van der Waals surface area (Å²) in [6.07, 6.45) is 1.60. The van der Waals surface area contributed by atoms with Crippen molar-refractivity contribution < 1.29 is 0 Å². The number of aryl methyl sites for hydroxylation is 1. The van der Waals surface area contributed by atoms with E-state index in [9.17, 15) is 4.79 Å². The number of aromatic nitrogens is 1. The van der Waals surface area contributed by atoms with Crippen LogP contribution in [0.3, 0.4) is 0 Å². The molecule has 1 heterocycles. The fourth-order valence-electron chi connectivity index (χ4n) is 1.38. The highest BCUT2D eigenvalue weighted by Gasteiger charge is 2.05. The molecule has 0 fully saturated rings. The van der Waals surface area contributed by atoms with Gasteiger partial charge in [0.15, 0.2) is 0 Å². The van der Waals surface area contributed by atoms with E-state index >= 15 is 0 Å². The lowest BCUT2D eigenvalue weighted by Crippen LogP contribution is -2.05. The predicted octanol–water partition coefficient (Wildman–Crippen LogP) is 2.71.